The Morgan fingerprint density at radius 1 is 1.05 bits per heavy atom. The van der Waals surface area contributed by atoms with Crippen LogP contribution in [0.5, 0.6) is 0 Å². The molecule has 2 atom stereocenters. The van der Waals surface area contributed by atoms with Gasteiger partial charge in [-0.2, -0.15) is 0 Å². The average molecular weight is 267 g/mol. The highest BCUT2D eigenvalue weighted by atomic mass is 16.1. The molecule has 0 bridgehead atoms. The van der Waals surface area contributed by atoms with Crippen molar-refractivity contribution < 1.29 is 4.79 Å². The van der Waals surface area contributed by atoms with E-state index in [4.69, 9.17) is 0 Å². The SMILES string of the molecule is C[C@H]1CCCC[C@H]1NC(=O)c1ccc2ccccc2c1. The maximum absolute atomic E-state index is 12.4. The third-order valence-electron chi connectivity index (χ3n) is 4.44. The van der Waals surface area contributed by atoms with Gasteiger partial charge >= 0.3 is 0 Å². The number of hydrogen-bond acceptors (Lipinski definition) is 1. The molecule has 1 saturated carbocycles. The Kier molecular flexibility index (Phi) is 3.72. The molecule has 0 heterocycles. The first-order valence-corrected chi connectivity index (χ1v) is 7.54. The van der Waals surface area contributed by atoms with Crippen LogP contribution in [0.15, 0.2) is 42.5 Å². The summed E-state index contributed by atoms with van der Waals surface area (Å²) in [5, 5.41) is 5.51. The lowest BCUT2D eigenvalue weighted by atomic mass is 9.86. The van der Waals surface area contributed by atoms with Gasteiger partial charge in [-0.05, 0) is 41.7 Å². The molecule has 2 heteroatoms. The van der Waals surface area contributed by atoms with Crippen LogP contribution in [0.2, 0.25) is 0 Å². The van der Waals surface area contributed by atoms with Gasteiger partial charge in [0.25, 0.3) is 5.91 Å². The highest BCUT2D eigenvalue weighted by molar-refractivity contribution is 5.98. The fourth-order valence-corrected chi connectivity index (χ4v) is 3.11. The van der Waals surface area contributed by atoms with Crippen molar-refractivity contribution >= 4 is 16.7 Å². The molecule has 1 aliphatic rings. The standard InChI is InChI=1S/C18H21NO/c1-13-6-2-5-9-17(13)19-18(20)16-11-10-14-7-3-4-8-15(14)12-16/h3-4,7-8,10-13,17H,2,5-6,9H2,1H3,(H,19,20)/t13-,17+/m0/s1. The molecule has 0 spiro atoms. The summed E-state index contributed by atoms with van der Waals surface area (Å²) in [6, 6.07) is 14.4. The van der Waals surface area contributed by atoms with Crippen molar-refractivity contribution in [2.75, 3.05) is 0 Å². The summed E-state index contributed by atoms with van der Waals surface area (Å²) in [4.78, 5) is 12.4. The van der Waals surface area contributed by atoms with Crippen LogP contribution in [-0.4, -0.2) is 11.9 Å². The molecule has 2 nitrogen and oxygen atoms in total. The number of nitrogens with one attached hydrogen (secondary N) is 1. The smallest absolute Gasteiger partial charge is 0.251 e. The van der Waals surface area contributed by atoms with Crippen molar-refractivity contribution in [3.63, 3.8) is 0 Å². The molecule has 0 saturated heterocycles. The maximum atomic E-state index is 12.4. The predicted molar refractivity (Wildman–Crippen MR) is 82.8 cm³/mol. The molecule has 1 N–H and O–H groups in total. The highest BCUT2D eigenvalue weighted by Gasteiger charge is 2.23. The number of amides is 1. The minimum absolute atomic E-state index is 0.0644. The summed E-state index contributed by atoms with van der Waals surface area (Å²) in [6.07, 6.45) is 4.86. The van der Waals surface area contributed by atoms with Gasteiger partial charge in [-0.3, -0.25) is 4.79 Å². The average Bonchev–Trinajstić information content (AvgIpc) is 2.49. The normalized spacial score (nSPS) is 22.6. The van der Waals surface area contributed by atoms with Gasteiger partial charge in [0.05, 0.1) is 0 Å². The maximum Gasteiger partial charge on any atom is 0.251 e. The molecule has 1 fully saturated rings. The molecular formula is C18H21NO. The number of hydrogen-bond donors (Lipinski definition) is 1. The lowest BCUT2D eigenvalue weighted by Crippen LogP contribution is -2.41. The van der Waals surface area contributed by atoms with E-state index >= 15 is 0 Å². The zero-order valence-corrected chi connectivity index (χ0v) is 11.9. The van der Waals surface area contributed by atoms with Gasteiger partial charge in [0.2, 0.25) is 0 Å². The van der Waals surface area contributed by atoms with E-state index in [0.717, 1.165) is 17.4 Å². The first kappa shape index (κ1) is 13.2. The van der Waals surface area contributed by atoms with Crippen molar-refractivity contribution in [3.05, 3.63) is 48.0 Å². The fraction of sp³-hybridized carbons (Fsp3) is 0.389. The molecule has 0 unspecified atom stereocenters. The predicted octanol–water partition coefficient (Wildman–Crippen LogP) is 4.15. The number of carbonyl (C=O) groups excluding carboxylic acids is 1. The topological polar surface area (TPSA) is 29.1 Å². The van der Waals surface area contributed by atoms with Gasteiger partial charge in [0, 0.05) is 11.6 Å². The zero-order valence-electron chi connectivity index (χ0n) is 11.9. The van der Waals surface area contributed by atoms with E-state index in [0.29, 0.717) is 12.0 Å². The van der Waals surface area contributed by atoms with E-state index in [9.17, 15) is 4.79 Å². The van der Waals surface area contributed by atoms with Crippen LogP contribution >= 0.6 is 0 Å². The van der Waals surface area contributed by atoms with Gasteiger partial charge in [-0.1, -0.05) is 50.1 Å². The second-order valence-electron chi connectivity index (χ2n) is 5.90. The highest BCUT2D eigenvalue weighted by Crippen LogP contribution is 2.24. The molecule has 1 amide bonds. The van der Waals surface area contributed by atoms with Crippen molar-refractivity contribution in [2.45, 2.75) is 38.6 Å². The lowest BCUT2D eigenvalue weighted by Gasteiger charge is -2.29. The van der Waals surface area contributed by atoms with Gasteiger partial charge in [-0.15, -0.1) is 0 Å². The Morgan fingerprint density at radius 2 is 1.80 bits per heavy atom. The molecule has 2 aromatic carbocycles. The molecule has 0 radical (unpaired) electrons. The van der Waals surface area contributed by atoms with E-state index in [1.807, 2.05) is 30.3 Å². The number of fused-ring (bicyclic) bond motifs is 1. The summed E-state index contributed by atoms with van der Waals surface area (Å²) in [6.45, 7) is 2.24. The van der Waals surface area contributed by atoms with Crippen LogP contribution in [0.1, 0.15) is 43.0 Å². The molecule has 2 aromatic rings. The van der Waals surface area contributed by atoms with E-state index in [-0.39, 0.29) is 5.91 Å². The van der Waals surface area contributed by atoms with Crippen molar-refractivity contribution in [1.29, 1.82) is 0 Å². The third kappa shape index (κ3) is 2.69. The molecular weight excluding hydrogens is 246 g/mol. The molecule has 3 rings (SSSR count). The summed E-state index contributed by atoms with van der Waals surface area (Å²) < 4.78 is 0. The van der Waals surface area contributed by atoms with E-state index in [1.54, 1.807) is 0 Å². The second-order valence-corrected chi connectivity index (χ2v) is 5.90. The number of rotatable bonds is 2. The molecule has 1 aliphatic carbocycles. The van der Waals surface area contributed by atoms with Crippen molar-refractivity contribution in [1.82, 2.24) is 5.32 Å². The first-order chi connectivity index (χ1) is 9.74. The first-order valence-electron chi connectivity index (χ1n) is 7.54. The van der Waals surface area contributed by atoms with Gasteiger partial charge in [0.1, 0.15) is 0 Å². The minimum Gasteiger partial charge on any atom is -0.349 e. The zero-order chi connectivity index (χ0) is 13.9. The van der Waals surface area contributed by atoms with Crippen LogP contribution in [0.3, 0.4) is 0 Å². The number of benzene rings is 2. The Labute approximate surface area is 120 Å². The van der Waals surface area contributed by atoms with E-state index in [1.165, 1.54) is 24.6 Å². The quantitative estimate of drug-likeness (QED) is 0.870. The molecule has 104 valence electrons. The van der Waals surface area contributed by atoms with Crippen molar-refractivity contribution in [3.8, 4) is 0 Å². The van der Waals surface area contributed by atoms with Crippen LogP contribution < -0.4 is 5.32 Å². The Balaban J connectivity index is 1.78. The summed E-state index contributed by atoms with van der Waals surface area (Å²) in [7, 11) is 0. The molecule has 0 aliphatic heterocycles. The van der Waals surface area contributed by atoms with Gasteiger partial charge in [0.15, 0.2) is 0 Å². The Bertz CT molecular complexity index is 620. The van der Waals surface area contributed by atoms with Gasteiger partial charge in [-0.25, -0.2) is 0 Å². The lowest BCUT2D eigenvalue weighted by molar-refractivity contribution is 0.0910. The van der Waals surface area contributed by atoms with Crippen LogP contribution in [-0.2, 0) is 0 Å². The summed E-state index contributed by atoms with van der Waals surface area (Å²) in [5.74, 6) is 0.655. The Hall–Kier alpha value is -1.83. The minimum atomic E-state index is 0.0644. The van der Waals surface area contributed by atoms with E-state index < -0.39 is 0 Å². The van der Waals surface area contributed by atoms with Crippen LogP contribution in [0.4, 0.5) is 0 Å². The third-order valence-corrected chi connectivity index (χ3v) is 4.44. The molecule has 0 aromatic heterocycles. The Morgan fingerprint density at radius 3 is 2.60 bits per heavy atom. The van der Waals surface area contributed by atoms with Crippen LogP contribution in [0, 0.1) is 5.92 Å². The van der Waals surface area contributed by atoms with Crippen LogP contribution in [0.25, 0.3) is 10.8 Å². The van der Waals surface area contributed by atoms with E-state index in [2.05, 4.69) is 24.4 Å². The van der Waals surface area contributed by atoms with Crippen molar-refractivity contribution in [2.24, 2.45) is 5.92 Å². The second kappa shape index (κ2) is 5.66. The summed E-state index contributed by atoms with van der Waals surface area (Å²) >= 11 is 0. The fourth-order valence-electron chi connectivity index (χ4n) is 3.11. The molecule has 20 heavy (non-hydrogen) atoms. The summed E-state index contributed by atoms with van der Waals surface area (Å²) in [5.41, 5.74) is 0.765. The van der Waals surface area contributed by atoms with Gasteiger partial charge < -0.3 is 5.32 Å². The largest absolute Gasteiger partial charge is 0.349 e. The monoisotopic (exact) mass is 267 g/mol. The number of carbonyl (C=O) groups is 1.